The zero-order valence-electron chi connectivity index (χ0n) is 11.0. The summed E-state index contributed by atoms with van der Waals surface area (Å²) >= 11 is 3.12. The van der Waals surface area contributed by atoms with Crippen molar-refractivity contribution in [2.45, 2.75) is 24.9 Å². The van der Waals surface area contributed by atoms with Crippen LogP contribution in [0.15, 0.2) is 26.2 Å². The summed E-state index contributed by atoms with van der Waals surface area (Å²) in [4.78, 5) is 0.0869. The molecular weight excluding hydrogens is 348 g/mol. The van der Waals surface area contributed by atoms with Gasteiger partial charge in [0.25, 0.3) is 0 Å². The van der Waals surface area contributed by atoms with E-state index in [1.165, 1.54) is 6.07 Å². The zero-order chi connectivity index (χ0) is 14.8. The van der Waals surface area contributed by atoms with Gasteiger partial charge in [0, 0.05) is 23.9 Å². The Bertz CT molecular complexity index is 692. The maximum absolute atomic E-state index is 12.2. The Labute approximate surface area is 125 Å². The Morgan fingerprint density at radius 3 is 2.80 bits per heavy atom. The summed E-state index contributed by atoms with van der Waals surface area (Å²) < 4.78 is 32.5. The van der Waals surface area contributed by atoms with E-state index in [0.717, 1.165) is 11.3 Å². The first-order valence-corrected chi connectivity index (χ1v) is 8.13. The van der Waals surface area contributed by atoms with Gasteiger partial charge in [-0.05, 0) is 29.9 Å². The smallest absolute Gasteiger partial charge is 0.245 e. The highest BCUT2D eigenvalue weighted by molar-refractivity contribution is 9.10. The van der Waals surface area contributed by atoms with Crippen LogP contribution < -0.4 is 10.0 Å². The molecule has 2 heterocycles. The lowest BCUT2D eigenvalue weighted by molar-refractivity contribution is 0.470. The van der Waals surface area contributed by atoms with E-state index in [1.54, 1.807) is 13.2 Å². The van der Waals surface area contributed by atoms with Crippen molar-refractivity contribution in [2.24, 2.45) is 0 Å². The van der Waals surface area contributed by atoms with Crippen molar-refractivity contribution in [3.8, 4) is 0 Å². The van der Waals surface area contributed by atoms with Crippen LogP contribution in [0.3, 0.4) is 0 Å². The number of aryl methyl sites for hydroxylation is 1. The number of hydrogen-bond donors (Lipinski definition) is 3. The van der Waals surface area contributed by atoms with Gasteiger partial charge in [-0.1, -0.05) is 0 Å². The van der Waals surface area contributed by atoms with Crippen LogP contribution in [-0.2, 0) is 23.1 Å². The minimum Gasteiger partial charge on any atom is -0.452 e. The van der Waals surface area contributed by atoms with Gasteiger partial charge in [0.1, 0.15) is 10.7 Å². The molecule has 0 aliphatic heterocycles. The van der Waals surface area contributed by atoms with Crippen LogP contribution in [0, 0.1) is 6.92 Å². The standard InChI is InChI=1S/C11H15BrN4O3S/c1-7-8(4-14-16-7)5-15-20(17,18)10-3-9(6-13-2)19-11(10)12/h3-4,13,15H,5-6H2,1-2H3,(H,14,16). The SMILES string of the molecule is CNCc1cc(S(=O)(=O)NCc2cn[nH]c2C)c(Br)o1. The first-order chi connectivity index (χ1) is 9.44. The van der Waals surface area contributed by atoms with Crippen LogP contribution in [0.2, 0.25) is 0 Å². The molecule has 7 nitrogen and oxygen atoms in total. The second-order valence-electron chi connectivity index (χ2n) is 4.23. The average molecular weight is 363 g/mol. The van der Waals surface area contributed by atoms with E-state index < -0.39 is 10.0 Å². The van der Waals surface area contributed by atoms with Gasteiger partial charge in [-0.15, -0.1) is 0 Å². The molecule has 2 rings (SSSR count). The lowest BCUT2D eigenvalue weighted by Crippen LogP contribution is -2.23. The number of hydrogen-bond acceptors (Lipinski definition) is 5. The number of nitrogens with zero attached hydrogens (tertiary/aromatic N) is 1. The molecule has 0 bridgehead atoms. The van der Waals surface area contributed by atoms with Gasteiger partial charge < -0.3 is 9.73 Å². The van der Waals surface area contributed by atoms with E-state index in [1.807, 2.05) is 6.92 Å². The van der Waals surface area contributed by atoms with E-state index >= 15 is 0 Å². The molecule has 0 spiro atoms. The molecule has 9 heteroatoms. The molecule has 0 unspecified atom stereocenters. The van der Waals surface area contributed by atoms with Crippen molar-refractivity contribution in [3.63, 3.8) is 0 Å². The normalized spacial score (nSPS) is 11.9. The van der Waals surface area contributed by atoms with Crippen LogP contribution in [0.5, 0.6) is 0 Å². The molecule has 0 amide bonds. The maximum Gasteiger partial charge on any atom is 0.245 e. The Morgan fingerprint density at radius 1 is 1.45 bits per heavy atom. The third-order valence-electron chi connectivity index (χ3n) is 2.73. The molecule has 3 N–H and O–H groups in total. The van der Waals surface area contributed by atoms with Crippen molar-refractivity contribution >= 4 is 26.0 Å². The largest absolute Gasteiger partial charge is 0.452 e. The minimum atomic E-state index is -3.64. The quantitative estimate of drug-likeness (QED) is 0.718. The Balaban J connectivity index is 2.16. The van der Waals surface area contributed by atoms with Gasteiger partial charge in [0.2, 0.25) is 10.0 Å². The molecule has 0 aromatic carbocycles. The average Bonchev–Trinajstić information content (AvgIpc) is 2.94. The summed E-state index contributed by atoms with van der Waals surface area (Å²) in [5.74, 6) is 0.541. The van der Waals surface area contributed by atoms with Crippen molar-refractivity contribution in [3.05, 3.63) is 34.0 Å². The highest BCUT2D eigenvalue weighted by atomic mass is 79.9. The second kappa shape index (κ2) is 6.08. The molecule has 0 atom stereocenters. The van der Waals surface area contributed by atoms with E-state index in [0.29, 0.717) is 12.3 Å². The summed E-state index contributed by atoms with van der Waals surface area (Å²) in [5, 5.41) is 9.50. The second-order valence-corrected chi connectivity index (χ2v) is 6.68. The number of rotatable bonds is 6. The molecule has 0 radical (unpaired) electrons. The van der Waals surface area contributed by atoms with E-state index in [2.05, 4.69) is 36.2 Å². The van der Waals surface area contributed by atoms with Crippen molar-refractivity contribution < 1.29 is 12.8 Å². The van der Waals surface area contributed by atoms with Crippen LogP contribution in [0.1, 0.15) is 17.0 Å². The minimum absolute atomic E-state index is 0.0869. The van der Waals surface area contributed by atoms with Crippen molar-refractivity contribution in [1.29, 1.82) is 0 Å². The highest BCUT2D eigenvalue weighted by Crippen LogP contribution is 2.26. The first-order valence-electron chi connectivity index (χ1n) is 5.85. The van der Waals surface area contributed by atoms with Crippen LogP contribution in [0.4, 0.5) is 0 Å². The Hall–Kier alpha value is -1.16. The molecule has 110 valence electrons. The number of sulfonamides is 1. The molecule has 0 aliphatic rings. The Kier molecular flexibility index (Phi) is 4.63. The highest BCUT2D eigenvalue weighted by Gasteiger charge is 2.22. The maximum atomic E-state index is 12.2. The fraction of sp³-hybridized carbons (Fsp3) is 0.364. The fourth-order valence-corrected chi connectivity index (χ4v) is 3.65. The molecule has 2 aromatic heterocycles. The van der Waals surface area contributed by atoms with E-state index in [9.17, 15) is 8.42 Å². The monoisotopic (exact) mass is 362 g/mol. The lowest BCUT2D eigenvalue weighted by atomic mass is 10.3. The number of furan rings is 1. The van der Waals surface area contributed by atoms with Gasteiger partial charge in [-0.2, -0.15) is 5.10 Å². The van der Waals surface area contributed by atoms with Crippen LogP contribution >= 0.6 is 15.9 Å². The molecule has 20 heavy (non-hydrogen) atoms. The van der Waals surface area contributed by atoms with Gasteiger partial charge in [0.05, 0.1) is 12.7 Å². The van der Waals surface area contributed by atoms with Crippen molar-refractivity contribution in [2.75, 3.05) is 7.05 Å². The summed E-state index contributed by atoms with van der Waals surface area (Å²) in [6.45, 7) is 2.45. The fourth-order valence-electron chi connectivity index (χ4n) is 1.65. The third kappa shape index (κ3) is 3.29. The summed E-state index contributed by atoms with van der Waals surface area (Å²) in [6.07, 6.45) is 1.59. The van der Waals surface area contributed by atoms with E-state index in [-0.39, 0.29) is 16.1 Å². The molecule has 0 saturated heterocycles. The van der Waals surface area contributed by atoms with Crippen LogP contribution in [0.25, 0.3) is 0 Å². The number of halogens is 1. The summed E-state index contributed by atoms with van der Waals surface area (Å²) in [6, 6.07) is 1.49. The molecule has 0 aliphatic carbocycles. The topological polar surface area (TPSA) is 100 Å². The van der Waals surface area contributed by atoms with Gasteiger partial charge in [-0.25, -0.2) is 13.1 Å². The zero-order valence-corrected chi connectivity index (χ0v) is 13.4. The molecule has 0 saturated carbocycles. The predicted octanol–water partition coefficient (Wildman–Crippen LogP) is 1.27. The first kappa shape index (κ1) is 15.2. The van der Waals surface area contributed by atoms with Gasteiger partial charge in [-0.3, -0.25) is 5.10 Å². The van der Waals surface area contributed by atoms with Crippen LogP contribution in [-0.4, -0.2) is 25.7 Å². The number of nitrogens with one attached hydrogen (secondary N) is 3. The van der Waals surface area contributed by atoms with Gasteiger partial charge in [0.15, 0.2) is 4.67 Å². The molecule has 2 aromatic rings. The summed E-state index contributed by atoms with van der Waals surface area (Å²) in [7, 11) is -1.89. The molecule has 0 fully saturated rings. The van der Waals surface area contributed by atoms with E-state index in [4.69, 9.17) is 4.42 Å². The molecular formula is C11H15BrN4O3S. The van der Waals surface area contributed by atoms with Crippen molar-refractivity contribution in [1.82, 2.24) is 20.2 Å². The lowest BCUT2D eigenvalue weighted by Gasteiger charge is -2.04. The third-order valence-corrected chi connectivity index (χ3v) is 4.99. The number of H-pyrrole nitrogens is 1. The number of aromatic amines is 1. The predicted molar refractivity (Wildman–Crippen MR) is 76.5 cm³/mol. The number of aromatic nitrogens is 2. The van der Waals surface area contributed by atoms with Gasteiger partial charge >= 0.3 is 0 Å². The Morgan fingerprint density at radius 2 is 2.20 bits per heavy atom. The summed E-state index contributed by atoms with van der Waals surface area (Å²) in [5.41, 5.74) is 1.62.